The van der Waals surface area contributed by atoms with E-state index < -0.39 is 0 Å². The number of nitrogens with zero attached hydrogens (tertiary/aromatic N) is 1. The largest absolute Gasteiger partial charge is 0.493 e. The summed E-state index contributed by atoms with van der Waals surface area (Å²) in [6.45, 7) is 0. The van der Waals surface area contributed by atoms with Crippen molar-refractivity contribution >= 4 is 29.2 Å². The van der Waals surface area contributed by atoms with Crippen molar-refractivity contribution in [2.45, 2.75) is 0 Å². The lowest BCUT2D eigenvalue weighted by atomic mass is 10.3. The summed E-state index contributed by atoms with van der Waals surface area (Å²) in [6.07, 6.45) is 0. The summed E-state index contributed by atoms with van der Waals surface area (Å²) < 4.78 is 2.06. The zero-order chi connectivity index (χ0) is 9.97. The van der Waals surface area contributed by atoms with Crippen molar-refractivity contribution in [3.8, 4) is 5.88 Å². The van der Waals surface area contributed by atoms with Crippen molar-refractivity contribution in [3.63, 3.8) is 0 Å². The second-order valence-electron chi connectivity index (χ2n) is 2.67. The molecule has 2 aromatic rings. The Morgan fingerprint density at radius 1 is 1.29 bits per heavy atom. The van der Waals surface area contributed by atoms with Gasteiger partial charge in [0.15, 0.2) is 3.95 Å². The standard InChI is InChI=1S/C9H8N2OS2/c12-8-6-14-9(13)11(8)10-7-4-2-1-3-5-7/h1-6,10,12H. The first kappa shape index (κ1) is 9.23. The Morgan fingerprint density at radius 2 is 2.00 bits per heavy atom. The van der Waals surface area contributed by atoms with Gasteiger partial charge in [0.05, 0.1) is 11.1 Å². The van der Waals surface area contributed by atoms with Crippen LogP contribution in [0.15, 0.2) is 35.7 Å². The Hall–Kier alpha value is -1.33. The molecular weight excluding hydrogens is 216 g/mol. The zero-order valence-electron chi connectivity index (χ0n) is 7.18. The highest BCUT2D eigenvalue weighted by molar-refractivity contribution is 7.73. The molecule has 72 valence electrons. The molecule has 0 aliphatic rings. The number of rotatable bonds is 2. The molecule has 3 nitrogen and oxygen atoms in total. The number of nitrogens with one attached hydrogen (secondary N) is 1. The lowest BCUT2D eigenvalue weighted by Crippen LogP contribution is -2.07. The summed E-state index contributed by atoms with van der Waals surface area (Å²) >= 11 is 6.35. The van der Waals surface area contributed by atoms with Gasteiger partial charge in [-0.1, -0.05) is 18.2 Å². The van der Waals surface area contributed by atoms with Crippen LogP contribution >= 0.6 is 23.6 Å². The van der Waals surface area contributed by atoms with Crippen LogP contribution in [-0.2, 0) is 0 Å². The van der Waals surface area contributed by atoms with Crippen molar-refractivity contribution in [1.29, 1.82) is 0 Å². The number of thiazole rings is 1. The quantitative estimate of drug-likeness (QED) is 0.770. The maximum atomic E-state index is 9.44. The maximum absolute atomic E-state index is 9.44. The van der Waals surface area contributed by atoms with Crippen molar-refractivity contribution in [1.82, 2.24) is 4.68 Å². The SMILES string of the molecule is Oc1csc(=S)n1Nc1ccccc1. The van der Waals surface area contributed by atoms with Gasteiger partial charge in [0.2, 0.25) is 5.88 Å². The van der Waals surface area contributed by atoms with E-state index in [1.54, 1.807) is 5.38 Å². The smallest absolute Gasteiger partial charge is 0.222 e. The molecule has 0 fully saturated rings. The van der Waals surface area contributed by atoms with E-state index in [-0.39, 0.29) is 5.88 Å². The van der Waals surface area contributed by atoms with E-state index in [1.165, 1.54) is 16.0 Å². The van der Waals surface area contributed by atoms with Crippen LogP contribution in [-0.4, -0.2) is 9.78 Å². The van der Waals surface area contributed by atoms with Gasteiger partial charge < -0.3 is 5.11 Å². The van der Waals surface area contributed by atoms with Crippen LogP contribution in [0.4, 0.5) is 5.69 Å². The third kappa shape index (κ3) is 1.78. The minimum atomic E-state index is 0.129. The van der Waals surface area contributed by atoms with Gasteiger partial charge in [0, 0.05) is 0 Å². The fourth-order valence-electron chi connectivity index (χ4n) is 1.05. The van der Waals surface area contributed by atoms with Gasteiger partial charge in [0.1, 0.15) is 0 Å². The van der Waals surface area contributed by atoms with E-state index >= 15 is 0 Å². The molecule has 0 bridgehead atoms. The average molecular weight is 224 g/mol. The second kappa shape index (κ2) is 3.81. The molecule has 1 heterocycles. The predicted molar refractivity (Wildman–Crippen MR) is 60.3 cm³/mol. The van der Waals surface area contributed by atoms with Crippen LogP contribution in [0.3, 0.4) is 0 Å². The molecule has 1 aromatic heterocycles. The van der Waals surface area contributed by atoms with Crippen molar-refractivity contribution < 1.29 is 5.11 Å². The van der Waals surface area contributed by atoms with E-state index in [0.29, 0.717) is 3.95 Å². The molecule has 0 unspecified atom stereocenters. The number of hydrogen-bond donors (Lipinski definition) is 2. The van der Waals surface area contributed by atoms with E-state index in [1.807, 2.05) is 30.3 Å². The summed E-state index contributed by atoms with van der Waals surface area (Å²) in [5.74, 6) is 0.129. The molecule has 0 amide bonds. The molecule has 0 aliphatic carbocycles. The van der Waals surface area contributed by atoms with Crippen molar-refractivity contribution in [3.05, 3.63) is 39.7 Å². The van der Waals surface area contributed by atoms with Gasteiger partial charge >= 0.3 is 0 Å². The number of anilines is 1. The molecule has 0 atom stereocenters. The lowest BCUT2D eigenvalue weighted by molar-refractivity contribution is 0.435. The highest BCUT2D eigenvalue weighted by Crippen LogP contribution is 2.17. The van der Waals surface area contributed by atoms with Crippen LogP contribution < -0.4 is 5.43 Å². The molecule has 0 saturated heterocycles. The Labute approximate surface area is 90.2 Å². The molecule has 0 saturated carbocycles. The third-order valence-corrected chi connectivity index (χ3v) is 2.88. The fourth-order valence-corrected chi connectivity index (χ4v) is 1.89. The number of aromatic nitrogens is 1. The highest BCUT2D eigenvalue weighted by atomic mass is 32.1. The summed E-state index contributed by atoms with van der Waals surface area (Å²) in [4.78, 5) is 0. The van der Waals surface area contributed by atoms with Gasteiger partial charge in [-0.2, -0.15) is 0 Å². The molecule has 0 radical (unpaired) electrons. The second-order valence-corrected chi connectivity index (χ2v) is 4.18. The number of hydrogen-bond acceptors (Lipinski definition) is 4. The number of aromatic hydroxyl groups is 1. The first-order chi connectivity index (χ1) is 6.77. The maximum Gasteiger partial charge on any atom is 0.222 e. The molecule has 0 spiro atoms. The minimum absolute atomic E-state index is 0.129. The molecule has 14 heavy (non-hydrogen) atoms. The van der Waals surface area contributed by atoms with Crippen LogP contribution in [0.25, 0.3) is 0 Å². The van der Waals surface area contributed by atoms with Gasteiger partial charge in [-0.15, -0.1) is 11.3 Å². The predicted octanol–water partition coefficient (Wildman–Crippen LogP) is 2.86. The van der Waals surface area contributed by atoms with Crippen LogP contribution in [0.5, 0.6) is 5.88 Å². The van der Waals surface area contributed by atoms with Gasteiger partial charge in [-0.05, 0) is 24.4 Å². The van der Waals surface area contributed by atoms with Gasteiger partial charge in [0.25, 0.3) is 0 Å². The summed E-state index contributed by atoms with van der Waals surface area (Å²) in [5, 5.41) is 11.0. The summed E-state index contributed by atoms with van der Waals surface area (Å²) in [5.41, 5.74) is 3.88. The van der Waals surface area contributed by atoms with Crippen LogP contribution in [0.2, 0.25) is 0 Å². The van der Waals surface area contributed by atoms with E-state index in [2.05, 4.69) is 5.43 Å². The molecule has 2 N–H and O–H groups in total. The molecule has 2 rings (SSSR count). The molecule has 0 aliphatic heterocycles. The number of para-hydroxylation sites is 1. The Kier molecular flexibility index (Phi) is 2.51. The average Bonchev–Trinajstić information content (AvgIpc) is 2.51. The Balaban J connectivity index is 2.32. The first-order valence-corrected chi connectivity index (χ1v) is 5.28. The van der Waals surface area contributed by atoms with Gasteiger partial charge in [-0.3, -0.25) is 5.43 Å². The molecular formula is C9H8N2OS2. The monoisotopic (exact) mass is 224 g/mol. The summed E-state index contributed by atoms with van der Waals surface area (Å²) in [6, 6.07) is 9.56. The van der Waals surface area contributed by atoms with E-state index in [4.69, 9.17) is 12.2 Å². The topological polar surface area (TPSA) is 37.2 Å². The van der Waals surface area contributed by atoms with Crippen LogP contribution in [0, 0.1) is 3.95 Å². The highest BCUT2D eigenvalue weighted by Gasteiger charge is 2.01. The van der Waals surface area contributed by atoms with Gasteiger partial charge in [-0.25, -0.2) is 4.68 Å². The van der Waals surface area contributed by atoms with E-state index in [9.17, 15) is 5.11 Å². The Bertz CT molecular complexity index is 475. The zero-order valence-corrected chi connectivity index (χ0v) is 8.81. The van der Waals surface area contributed by atoms with E-state index in [0.717, 1.165) is 5.69 Å². The number of benzene rings is 1. The fraction of sp³-hybridized carbons (Fsp3) is 0. The summed E-state index contributed by atoms with van der Waals surface area (Å²) in [7, 11) is 0. The van der Waals surface area contributed by atoms with Crippen LogP contribution in [0.1, 0.15) is 0 Å². The molecule has 1 aromatic carbocycles. The first-order valence-electron chi connectivity index (χ1n) is 3.99. The van der Waals surface area contributed by atoms with Crippen molar-refractivity contribution in [2.24, 2.45) is 0 Å². The third-order valence-electron chi connectivity index (χ3n) is 1.69. The Morgan fingerprint density at radius 3 is 2.57 bits per heavy atom. The minimum Gasteiger partial charge on any atom is -0.493 e. The molecule has 5 heteroatoms. The van der Waals surface area contributed by atoms with Crippen molar-refractivity contribution in [2.75, 3.05) is 5.43 Å². The normalized spacial score (nSPS) is 10.0. The lowest BCUT2D eigenvalue weighted by Gasteiger charge is -2.07.